The molecular formula is C22H33N5O4. The third kappa shape index (κ3) is 4.19. The minimum absolute atomic E-state index is 0.142. The number of hydrogen-bond acceptors (Lipinski definition) is 6. The van der Waals surface area contributed by atoms with E-state index in [0.717, 1.165) is 30.6 Å². The standard InChI is InChI=1S/C22H33N5O4/c1-14-23-18(31-25-14)15-7-11-26(12-8-15)17(28)13-27-19(29)22(24-20(27)30)9-5-16(6-10-22)21(2,3)4/h15-16H,5-13H2,1-4H3,(H,24,30). The molecule has 1 aromatic heterocycles. The molecule has 2 saturated heterocycles. The Morgan fingerprint density at radius 1 is 1.16 bits per heavy atom. The number of amides is 4. The summed E-state index contributed by atoms with van der Waals surface area (Å²) in [5.41, 5.74) is -0.642. The van der Waals surface area contributed by atoms with Crippen LogP contribution in [0.2, 0.25) is 0 Å². The van der Waals surface area contributed by atoms with E-state index >= 15 is 0 Å². The summed E-state index contributed by atoms with van der Waals surface area (Å²) in [6.07, 6.45) is 4.54. The molecule has 1 saturated carbocycles. The van der Waals surface area contributed by atoms with Crippen LogP contribution >= 0.6 is 0 Å². The zero-order valence-corrected chi connectivity index (χ0v) is 18.9. The number of carbonyl (C=O) groups is 3. The number of hydrogen-bond donors (Lipinski definition) is 1. The second-order valence-corrected chi connectivity index (χ2v) is 10.4. The van der Waals surface area contributed by atoms with Crippen LogP contribution in [0.15, 0.2) is 4.52 Å². The molecule has 0 bridgehead atoms. The molecular weight excluding hydrogens is 398 g/mol. The van der Waals surface area contributed by atoms with Crippen LogP contribution in [-0.4, -0.2) is 63.0 Å². The fraction of sp³-hybridized carbons (Fsp3) is 0.773. The van der Waals surface area contributed by atoms with E-state index in [1.165, 1.54) is 0 Å². The third-order valence-electron chi connectivity index (χ3n) is 7.34. The van der Waals surface area contributed by atoms with Crippen LogP contribution in [0, 0.1) is 18.3 Å². The molecule has 9 nitrogen and oxygen atoms in total. The molecule has 2 aliphatic heterocycles. The quantitative estimate of drug-likeness (QED) is 0.737. The van der Waals surface area contributed by atoms with E-state index in [0.29, 0.717) is 43.6 Å². The topological polar surface area (TPSA) is 109 Å². The fourth-order valence-electron chi connectivity index (χ4n) is 5.23. The average Bonchev–Trinajstić information content (AvgIpc) is 3.25. The normalized spacial score (nSPS) is 27.8. The second-order valence-electron chi connectivity index (χ2n) is 10.4. The summed E-state index contributed by atoms with van der Waals surface area (Å²) in [6.45, 7) is 9.35. The summed E-state index contributed by atoms with van der Waals surface area (Å²) in [6, 6.07) is -0.441. The van der Waals surface area contributed by atoms with Gasteiger partial charge in [0, 0.05) is 19.0 Å². The molecule has 4 amide bonds. The van der Waals surface area contributed by atoms with Gasteiger partial charge in [0.05, 0.1) is 0 Å². The highest BCUT2D eigenvalue weighted by Gasteiger charge is 2.53. The van der Waals surface area contributed by atoms with Crippen molar-refractivity contribution in [1.82, 2.24) is 25.3 Å². The van der Waals surface area contributed by atoms with Crippen LogP contribution < -0.4 is 5.32 Å². The van der Waals surface area contributed by atoms with Crippen molar-refractivity contribution in [3.8, 4) is 0 Å². The van der Waals surface area contributed by atoms with Gasteiger partial charge in [-0.05, 0) is 56.8 Å². The number of piperidine rings is 1. The second kappa shape index (κ2) is 7.91. The van der Waals surface area contributed by atoms with Gasteiger partial charge in [0.25, 0.3) is 5.91 Å². The molecule has 3 fully saturated rings. The Labute approximate surface area is 182 Å². The SMILES string of the molecule is Cc1noc(C2CCN(C(=O)CN3C(=O)NC4(CCC(C(C)(C)C)CC4)C3=O)CC2)n1. The molecule has 1 aliphatic carbocycles. The summed E-state index contributed by atoms with van der Waals surface area (Å²) in [5.74, 6) is 1.47. The molecule has 1 spiro atoms. The number of nitrogens with zero attached hydrogens (tertiary/aromatic N) is 4. The maximum absolute atomic E-state index is 13.2. The summed E-state index contributed by atoms with van der Waals surface area (Å²) in [4.78, 5) is 45.7. The minimum atomic E-state index is -0.831. The number of imide groups is 1. The summed E-state index contributed by atoms with van der Waals surface area (Å²) >= 11 is 0. The van der Waals surface area contributed by atoms with Gasteiger partial charge < -0.3 is 14.7 Å². The predicted molar refractivity (Wildman–Crippen MR) is 112 cm³/mol. The number of carbonyl (C=O) groups excluding carboxylic acids is 3. The largest absolute Gasteiger partial charge is 0.341 e. The van der Waals surface area contributed by atoms with Gasteiger partial charge >= 0.3 is 6.03 Å². The van der Waals surface area contributed by atoms with E-state index < -0.39 is 11.6 Å². The number of nitrogens with one attached hydrogen (secondary N) is 1. The average molecular weight is 432 g/mol. The van der Waals surface area contributed by atoms with Gasteiger partial charge in [-0.1, -0.05) is 25.9 Å². The lowest BCUT2D eigenvalue weighted by molar-refractivity contribution is -0.140. The van der Waals surface area contributed by atoms with Crippen LogP contribution in [0.25, 0.3) is 0 Å². The van der Waals surface area contributed by atoms with Crippen LogP contribution in [0.1, 0.15) is 76.9 Å². The molecule has 3 aliphatic rings. The van der Waals surface area contributed by atoms with E-state index in [9.17, 15) is 14.4 Å². The van der Waals surface area contributed by atoms with Gasteiger partial charge in [0.15, 0.2) is 5.82 Å². The third-order valence-corrected chi connectivity index (χ3v) is 7.34. The zero-order chi connectivity index (χ0) is 22.4. The molecule has 0 aromatic carbocycles. The summed E-state index contributed by atoms with van der Waals surface area (Å²) in [7, 11) is 0. The Balaban J connectivity index is 1.33. The van der Waals surface area contributed by atoms with Gasteiger partial charge in [0.2, 0.25) is 11.8 Å². The maximum Gasteiger partial charge on any atom is 0.325 e. The monoisotopic (exact) mass is 431 g/mol. The molecule has 0 atom stereocenters. The lowest BCUT2D eigenvalue weighted by Gasteiger charge is -2.40. The molecule has 1 aromatic rings. The minimum Gasteiger partial charge on any atom is -0.341 e. The number of likely N-dealkylation sites (tertiary alicyclic amines) is 1. The van der Waals surface area contributed by atoms with Crippen molar-refractivity contribution in [1.29, 1.82) is 0 Å². The highest BCUT2D eigenvalue weighted by Crippen LogP contribution is 2.43. The van der Waals surface area contributed by atoms with Crippen LogP contribution in [-0.2, 0) is 9.59 Å². The Hall–Kier alpha value is -2.45. The number of aromatic nitrogens is 2. The first kappa shape index (κ1) is 21.8. The number of urea groups is 1. The fourth-order valence-corrected chi connectivity index (χ4v) is 5.23. The van der Waals surface area contributed by atoms with E-state index in [1.54, 1.807) is 11.8 Å². The van der Waals surface area contributed by atoms with E-state index in [-0.39, 0.29) is 29.7 Å². The molecule has 1 N–H and O–H groups in total. The highest BCUT2D eigenvalue weighted by molar-refractivity contribution is 6.09. The summed E-state index contributed by atoms with van der Waals surface area (Å²) < 4.78 is 5.26. The van der Waals surface area contributed by atoms with Crippen molar-refractivity contribution in [2.24, 2.45) is 11.3 Å². The van der Waals surface area contributed by atoms with E-state index in [1.807, 2.05) is 0 Å². The van der Waals surface area contributed by atoms with Gasteiger partial charge in [0.1, 0.15) is 12.1 Å². The highest BCUT2D eigenvalue weighted by atomic mass is 16.5. The smallest absolute Gasteiger partial charge is 0.325 e. The Morgan fingerprint density at radius 2 is 1.81 bits per heavy atom. The summed E-state index contributed by atoms with van der Waals surface area (Å²) in [5, 5.41) is 6.75. The van der Waals surface area contributed by atoms with Crippen molar-refractivity contribution in [2.45, 2.75) is 77.7 Å². The zero-order valence-electron chi connectivity index (χ0n) is 18.9. The van der Waals surface area contributed by atoms with Crippen molar-refractivity contribution < 1.29 is 18.9 Å². The van der Waals surface area contributed by atoms with Crippen molar-refractivity contribution in [3.63, 3.8) is 0 Å². The Bertz CT molecular complexity index is 857. The van der Waals surface area contributed by atoms with Crippen molar-refractivity contribution >= 4 is 17.8 Å². The Morgan fingerprint density at radius 3 is 2.35 bits per heavy atom. The molecule has 9 heteroatoms. The number of rotatable bonds is 3. The Kier molecular flexibility index (Phi) is 5.55. The predicted octanol–water partition coefficient (Wildman–Crippen LogP) is 2.61. The first-order chi connectivity index (χ1) is 14.6. The van der Waals surface area contributed by atoms with Crippen molar-refractivity contribution in [3.05, 3.63) is 11.7 Å². The first-order valence-corrected chi connectivity index (χ1v) is 11.3. The van der Waals surface area contributed by atoms with Crippen LogP contribution in [0.4, 0.5) is 4.79 Å². The lowest BCUT2D eigenvalue weighted by Crippen LogP contribution is -2.51. The van der Waals surface area contributed by atoms with Gasteiger partial charge in [-0.25, -0.2) is 4.79 Å². The molecule has 31 heavy (non-hydrogen) atoms. The molecule has 170 valence electrons. The first-order valence-electron chi connectivity index (χ1n) is 11.3. The number of aryl methyl sites for hydroxylation is 1. The maximum atomic E-state index is 13.2. The van der Waals surface area contributed by atoms with Crippen LogP contribution in [0.5, 0.6) is 0 Å². The van der Waals surface area contributed by atoms with Crippen molar-refractivity contribution in [2.75, 3.05) is 19.6 Å². The lowest BCUT2D eigenvalue weighted by atomic mass is 9.67. The van der Waals surface area contributed by atoms with Gasteiger partial charge in [-0.2, -0.15) is 4.98 Å². The molecule has 0 radical (unpaired) electrons. The van der Waals surface area contributed by atoms with Gasteiger partial charge in [-0.15, -0.1) is 0 Å². The molecule has 3 heterocycles. The van der Waals surface area contributed by atoms with E-state index in [4.69, 9.17) is 4.52 Å². The van der Waals surface area contributed by atoms with E-state index in [2.05, 4.69) is 36.2 Å². The molecule has 0 unspecified atom stereocenters. The van der Waals surface area contributed by atoms with Gasteiger partial charge in [-0.3, -0.25) is 14.5 Å². The molecule has 4 rings (SSSR count). The van der Waals surface area contributed by atoms with Crippen LogP contribution in [0.3, 0.4) is 0 Å².